The standard InChI is InChI=1S/C9H16O2/c1-2-6-9(11)7-4-3-5-8(9)10/h2,8,10-11H,1,3-7H2/t8-,9-/m1/s1. The van der Waals surface area contributed by atoms with Gasteiger partial charge < -0.3 is 10.2 Å². The van der Waals surface area contributed by atoms with Crippen LogP contribution in [0, 0.1) is 0 Å². The van der Waals surface area contributed by atoms with Gasteiger partial charge in [-0.25, -0.2) is 0 Å². The summed E-state index contributed by atoms with van der Waals surface area (Å²) in [6, 6.07) is 0. The van der Waals surface area contributed by atoms with E-state index >= 15 is 0 Å². The second-order valence-electron chi connectivity index (χ2n) is 3.36. The van der Waals surface area contributed by atoms with Crippen molar-refractivity contribution in [3.05, 3.63) is 12.7 Å². The van der Waals surface area contributed by atoms with E-state index in [0.717, 1.165) is 19.3 Å². The predicted molar refractivity (Wildman–Crippen MR) is 44.2 cm³/mol. The highest BCUT2D eigenvalue weighted by Crippen LogP contribution is 2.31. The average Bonchev–Trinajstić information content (AvgIpc) is 1.96. The van der Waals surface area contributed by atoms with Gasteiger partial charge in [0, 0.05) is 0 Å². The van der Waals surface area contributed by atoms with E-state index in [-0.39, 0.29) is 0 Å². The molecular formula is C9H16O2. The molecule has 0 saturated heterocycles. The van der Waals surface area contributed by atoms with Crippen molar-refractivity contribution in [2.45, 2.75) is 43.8 Å². The first-order chi connectivity index (χ1) is 5.19. The number of aliphatic hydroxyl groups excluding tert-OH is 1. The molecule has 0 radical (unpaired) electrons. The van der Waals surface area contributed by atoms with Crippen molar-refractivity contribution in [1.82, 2.24) is 0 Å². The van der Waals surface area contributed by atoms with Crippen molar-refractivity contribution >= 4 is 0 Å². The Hall–Kier alpha value is -0.340. The van der Waals surface area contributed by atoms with Crippen molar-refractivity contribution in [1.29, 1.82) is 0 Å². The minimum atomic E-state index is -0.875. The Labute approximate surface area is 67.6 Å². The van der Waals surface area contributed by atoms with Gasteiger partial charge in [0.2, 0.25) is 0 Å². The van der Waals surface area contributed by atoms with Gasteiger partial charge in [-0.15, -0.1) is 6.58 Å². The van der Waals surface area contributed by atoms with Crippen LogP contribution in [-0.2, 0) is 0 Å². The third kappa shape index (κ3) is 1.82. The molecule has 2 atom stereocenters. The Morgan fingerprint density at radius 1 is 1.55 bits per heavy atom. The molecule has 1 saturated carbocycles. The summed E-state index contributed by atoms with van der Waals surface area (Å²) >= 11 is 0. The van der Waals surface area contributed by atoms with E-state index in [2.05, 4.69) is 6.58 Å². The Kier molecular flexibility index (Phi) is 2.68. The lowest BCUT2D eigenvalue weighted by Crippen LogP contribution is -2.44. The van der Waals surface area contributed by atoms with E-state index < -0.39 is 11.7 Å². The van der Waals surface area contributed by atoms with Gasteiger partial charge in [0.1, 0.15) is 0 Å². The summed E-state index contributed by atoms with van der Waals surface area (Å²) in [5, 5.41) is 19.3. The smallest absolute Gasteiger partial charge is 0.0939 e. The van der Waals surface area contributed by atoms with Crippen LogP contribution in [-0.4, -0.2) is 21.9 Å². The Bertz CT molecular complexity index is 144. The third-order valence-electron chi connectivity index (χ3n) is 2.46. The Morgan fingerprint density at radius 3 is 2.82 bits per heavy atom. The number of rotatable bonds is 2. The van der Waals surface area contributed by atoms with E-state index in [9.17, 15) is 10.2 Å². The van der Waals surface area contributed by atoms with Gasteiger partial charge in [-0.3, -0.25) is 0 Å². The normalized spacial score (nSPS) is 38.5. The molecule has 0 aromatic rings. The zero-order valence-corrected chi connectivity index (χ0v) is 6.79. The maximum absolute atomic E-state index is 9.82. The molecule has 0 amide bonds. The maximum Gasteiger partial charge on any atom is 0.0939 e. The molecule has 2 nitrogen and oxygen atoms in total. The third-order valence-corrected chi connectivity index (χ3v) is 2.46. The number of aliphatic hydroxyl groups is 2. The molecule has 11 heavy (non-hydrogen) atoms. The molecule has 1 aliphatic rings. The number of hydrogen-bond acceptors (Lipinski definition) is 2. The summed E-state index contributed by atoms with van der Waals surface area (Å²) in [4.78, 5) is 0. The average molecular weight is 156 g/mol. The summed E-state index contributed by atoms with van der Waals surface area (Å²) in [5.74, 6) is 0. The molecule has 0 unspecified atom stereocenters. The van der Waals surface area contributed by atoms with E-state index in [0.29, 0.717) is 12.8 Å². The lowest BCUT2D eigenvalue weighted by atomic mass is 9.80. The first-order valence-corrected chi connectivity index (χ1v) is 4.20. The summed E-state index contributed by atoms with van der Waals surface area (Å²) in [6.45, 7) is 3.56. The SMILES string of the molecule is C=CC[C@@]1(O)CCCC[C@H]1O. The lowest BCUT2D eigenvalue weighted by molar-refractivity contribution is -0.0971. The largest absolute Gasteiger partial charge is 0.390 e. The molecule has 0 bridgehead atoms. The summed E-state index contributed by atoms with van der Waals surface area (Å²) in [6.07, 6.45) is 5.11. The van der Waals surface area contributed by atoms with Crippen molar-refractivity contribution < 1.29 is 10.2 Å². The van der Waals surface area contributed by atoms with Gasteiger partial charge in [-0.05, 0) is 19.3 Å². The van der Waals surface area contributed by atoms with Crippen LogP contribution in [0.2, 0.25) is 0 Å². The van der Waals surface area contributed by atoms with Gasteiger partial charge in [-0.2, -0.15) is 0 Å². The molecule has 0 aliphatic heterocycles. The molecule has 2 heteroatoms. The van der Waals surface area contributed by atoms with Crippen LogP contribution in [0.1, 0.15) is 32.1 Å². The Morgan fingerprint density at radius 2 is 2.27 bits per heavy atom. The van der Waals surface area contributed by atoms with Crippen molar-refractivity contribution in [3.63, 3.8) is 0 Å². The molecule has 0 spiro atoms. The van der Waals surface area contributed by atoms with Crippen LogP contribution < -0.4 is 0 Å². The molecule has 2 N–H and O–H groups in total. The topological polar surface area (TPSA) is 40.5 Å². The molecule has 64 valence electrons. The highest BCUT2D eigenvalue weighted by atomic mass is 16.3. The van der Waals surface area contributed by atoms with Crippen molar-refractivity contribution in [3.8, 4) is 0 Å². The second kappa shape index (κ2) is 3.37. The molecular weight excluding hydrogens is 140 g/mol. The van der Waals surface area contributed by atoms with E-state index in [1.807, 2.05) is 0 Å². The minimum absolute atomic E-state index is 0.508. The fourth-order valence-corrected chi connectivity index (χ4v) is 1.69. The molecule has 1 fully saturated rings. The molecule has 0 heterocycles. The fourth-order valence-electron chi connectivity index (χ4n) is 1.69. The van der Waals surface area contributed by atoms with Crippen LogP contribution in [0.4, 0.5) is 0 Å². The van der Waals surface area contributed by atoms with E-state index in [1.54, 1.807) is 6.08 Å². The first-order valence-electron chi connectivity index (χ1n) is 4.20. The Balaban J connectivity index is 2.56. The van der Waals surface area contributed by atoms with Gasteiger partial charge in [-0.1, -0.05) is 18.9 Å². The fraction of sp³-hybridized carbons (Fsp3) is 0.778. The predicted octanol–water partition coefficient (Wildman–Crippen LogP) is 1.23. The summed E-state index contributed by atoms with van der Waals surface area (Å²) in [5.41, 5.74) is -0.875. The van der Waals surface area contributed by atoms with Gasteiger partial charge in [0.15, 0.2) is 0 Å². The van der Waals surface area contributed by atoms with Crippen LogP contribution in [0.3, 0.4) is 0 Å². The second-order valence-corrected chi connectivity index (χ2v) is 3.36. The van der Waals surface area contributed by atoms with E-state index in [1.165, 1.54) is 0 Å². The highest BCUT2D eigenvalue weighted by Gasteiger charge is 2.36. The van der Waals surface area contributed by atoms with Gasteiger partial charge in [0.05, 0.1) is 11.7 Å². The van der Waals surface area contributed by atoms with Crippen LogP contribution in [0.25, 0.3) is 0 Å². The van der Waals surface area contributed by atoms with Crippen molar-refractivity contribution in [2.24, 2.45) is 0 Å². The number of hydrogen-bond donors (Lipinski definition) is 2. The summed E-state index contributed by atoms with van der Waals surface area (Å²) in [7, 11) is 0. The summed E-state index contributed by atoms with van der Waals surface area (Å²) < 4.78 is 0. The zero-order valence-electron chi connectivity index (χ0n) is 6.79. The van der Waals surface area contributed by atoms with Gasteiger partial charge >= 0.3 is 0 Å². The van der Waals surface area contributed by atoms with Crippen LogP contribution in [0.15, 0.2) is 12.7 Å². The highest BCUT2D eigenvalue weighted by molar-refractivity contribution is 4.94. The molecule has 1 aliphatic carbocycles. The van der Waals surface area contributed by atoms with Crippen LogP contribution in [0.5, 0.6) is 0 Å². The minimum Gasteiger partial charge on any atom is -0.390 e. The quantitative estimate of drug-likeness (QED) is 0.590. The molecule has 0 aromatic carbocycles. The monoisotopic (exact) mass is 156 g/mol. The first kappa shape index (κ1) is 8.75. The van der Waals surface area contributed by atoms with E-state index in [4.69, 9.17) is 0 Å². The van der Waals surface area contributed by atoms with Crippen LogP contribution >= 0.6 is 0 Å². The molecule has 1 rings (SSSR count). The zero-order chi connectivity index (χ0) is 8.32. The van der Waals surface area contributed by atoms with Crippen molar-refractivity contribution in [2.75, 3.05) is 0 Å². The lowest BCUT2D eigenvalue weighted by Gasteiger charge is -2.36. The maximum atomic E-state index is 9.82. The van der Waals surface area contributed by atoms with Gasteiger partial charge in [0.25, 0.3) is 0 Å². The molecule has 0 aromatic heterocycles.